The zero-order valence-electron chi connectivity index (χ0n) is 17.7. The van der Waals surface area contributed by atoms with Crippen molar-refractivity contribution in [3.8, 4) is 11.4 Å². The maximum atomic E-state index is 12.8. The van der Waals surface area contributed by atoms with E-state index < -0.39 is 0 Å². The lowest BCUT2D eigenvalue weighted by atomic mass is 10.1. The first-order valence-electron chi connectivity index (χ1n) is 10.3. The predicted octanol–water partition coefficient (Wildman–Crippen LogP) is 3.76. The fourth-order valence-electron chi connectivity index (χ4n) is 3.70. The van der Waals surface area contributed by atoms with Gasteiger partial charge in [-0.15, -0.1) is 10.2 Å². The van der Waals surface area contributed by atoms with Crippen molar-refractivity contribution in [2.45, 2.75) is 25.5 Å². The Labute approximate surface area is 191 Å². The number of pyridine rings is 1. The lowest BCUT2D eigenvalue weighted by Crippen LogP contribution is -2.49. The van der Waals surface area contributed by atoms with Gasteiger partial charge in [-0.05, 0) is 31.5 Å². The minimum atomic E-state index is 0.111. The molecule has 0 saturated carbocycles. The maximum Gasteiger partial charge on any atom is 0.233 e. The highest BCUT2D eigenvalue weighted by atomic mass is 35.5. The lowest BCUT2D eigenvalue weighted by Gasteiger charge is -2.35. The van der Waals surface area contributed by atoms with E-state index in [2.05, 4.69) is 50.6 Å². The first-order chi connectivity index (χ1) is 15.1. The molecule has 2 aromatic heterocycles. The van der Waals surface area contributed by atoms with Gasteiger partial charge >= 0.3 is 0 Å². The van der Waals surface area contributed by atoms with E-state index >= 15 is 0 Å². The summed E-state index contributed by atoms with van der Waals surface area (Å²) in [5.41, 5.74) is 2.22. The van der Waals surface area contributed by atoms with E-state index in [-0.39, 0.29) is 5.91 Å². The number of carbonyl (C=O) groups excluding carboxylic acids is 1. The van der Waals surface area contributed by atoms with Crippen LogP contribution in [0, 0.1) is 6.92 Å². The van der Waals surface area contributed by atoms with Gasteiger partial charge in [-0.2, -0.15) is 0 Å². The van der Waals surface area contributed by atoms with Crippen LogP contribution in [0.2, 0.25) is 5.02 Å². The van der Waals surface area contributed by atoms with Gasteiger partial charge in [0.15, 0.2) is 11.0 Å². The molecule has 3 heterocycles. The summed E-state index contributed by atoms with van der Waals surface area (Å²) in [6.45, 7) is 7.63. The number of aryl methyl sites for hydroxylation is 1. The van der Waals surface area contributed by atoms with Gasteiger partial charge in [-0.3, -0.25) is 4.79 Å². The number of carbonyl (C=O) groups is 1. The molecule has 0 spiro atoms. The third-order valence-corrected chi connectivity index (χ3v) is 6.66. The van der Waals surface area contributed by atoms with Crippen LogP contribution in [0.3, 0.4) is 0 Å². The van der Waals surface area contributed by atoms with Gasteiger partial charge < -0.3 is 14.4 Å². The Morgan fingerprint density at radius 2 is 1.87 bits per heavy atom. The van der Waals surface area contributed by atoms with E-state index in [1.165, 1.54) is 11.8 Å². The molecule has 7 nitrogen and oxygen atoms in total. The quantitative estimate of drug-likeness (QED) is 0.526. The Morgan fingerprint density at radius 3 is 2.58 bits per heavy atom. The van der Waals surface area contributed by atoms with Crippen LogP contribution in [0.1, 0.15) is 12.5 Å². The second-order valence-corrected chi connectivity index (χ2v) is 8.68. The molecule has 0 atom stereocenters. The van der Waals surface area contributed by atoms with Gasteiger partial charge in [0.05, 0.1) is 10.8 Å². The number of anilines is 1. The van der Waals surface area contributed by atoms with Crippen molar-refractivity contribution in [3.63, 3.8) is 0 Å². The zero-order chi connectivity index (χ0) is 21.8. The smallest absolute Gasteiger partial charge is 0.233 e. The average Bonchev–Trinajstić information content (AvgIpc) is 3.21. The van der Waals surface area contributed by atoms with Crippen LogP contribution in [0.15, 0.2) is 47.8 Å². The van der Waals surface area contributed by atoms with E-state index in [0.29, 0.717) is 23.9 Å². The minimum Gasteiger partial charge on any atom is -0.352 e. The molecule has 0 radical (unpaired) electrons. The number of nitrogens with zero attached hydrogens (tertiary/aromatic N) is 6. The largest absolute Gasteiger partial charge is 0.352 e. The molecule has 0 N–H and O–H groups in total. The van der Waals surface area contributed by atoms with E-state index in [9.17, 15) is 4.79 Å². The molecule has 0 unspecified atom stereocenters. The Hall–Kier alpha value is -2.58. The summed E-state index contributed by atoms with van der Waals surface area (Å²) in [6.07, 6.45) is 1.74. The first kappa shape index (κ1) is 21.6. The number of benzene rings is 1. The van der Waals surface area contributed by atoms with Crippen LogP contribution < -0.4 is 4.90 Å². The van der Waals surface area contributed by atoms with E-state index in [0.717, 1.165) is 47.6 Å². The van der Waals surface area contributed by atoms with Crippen molar-refractivity contribution in [2.75, 3.05) is 36.8 Å². The molecule has 1 aliphatic rings. The van der Waals surface area contributed by atoms with E-state index in [1.807, 2.05) is 29.2 Å². The summed E-state index contributed by atoms with van der Waals surface area (Å²) in [4.78, 5) is 21.2. The topological polar surface area (TPSA) is 67.2 Å². The van der Waals surface area contributed by atoms with Crippen LogP contribution in [0.4, 0.5) is 5.82 Å². The number of halogens is 1. The number of thioether (sulfide) groups is 1. The number of amides is 1. The van der Waals surface area contributed by atoms with Gasteiger partial charge in [0.25, 0.3) is 0 Å². The summed E-state index contributed by atoms with van der Waals surface area (Å²) in [7, 11) is 0. The number of hydrogen-bond acceptors (Lipinski definition) is 6. The SMILES string of the molecule is CCn1c(SCC(=O)N2CCN(c3ncccc3Cl)CC2)nnc1-c1ccccc1C. The molecule has 1 fully saturated rings. The Kier molecular flexibility index (Phi) is 6.77. The second kappa shape index (κ2) is 9.70. The Morgan fingerprint density at radius 1 is 1.10 bits per heavy atom. The molecule has 162 valence electrons. The lowest BCUT2D eigenvalue weighted by molar-refractivity contribution is -0.128. The Balaban J connectivity index is 1.37. The molecule has 1 aliphatic heterocycles. The molecular formula is C22H25ClN6OS. The monoisotopic (exact) mass is 456 g/mol. The van der Waals surface area contributed by atoms with Crippen LogP contribution >= 0.6 is 23.4 Å². The van der Waals surface area contributed by atoms with Gasteiger partial charge in [-0.25, -0.2) is 4.98 Å². The van der Waals surface area contributed by atoms with Gasteiger partial charge in [0.1, 0.15) is 5.82 Å². The molecule has 9 heteroatoms. The van der Waals surface area contributed by atoms with Crippen molar-refractivity contribution >= 4 is 35.1 Å². The minimum absolute atomic E-state index is 0.111. The van der Waals surface area contributed by atoms with Crippen LogP contribution in [-0.4, -0.2) is 62.5 Å². The fraction of sp³-hybridized carbons (Fsp3) is 0.364. The molecule has 31 heavy (non-hydrogen) atoms. The zero-order valence-corrected chi connectivity index (χ0v) is 19.2. The van der Waals surface area contributed by atoms with Crippen LogP contribution in [0.25, 0.3) is 11.4 Å². The van der Waals surface area contributed by atoms with Crippen molar-refractivity contribution in [3.05, 3.63) is 53.2 Å². The van der Waals surface area contributed by atoms with Crippen molar-refractivity contribution < 1.29 is 4.79 Å². The van der Waals surface area contributed by atoms with Gasteiger partial charge in [0.2, 0.25) is 5.91 Å². The van der Waals surface area contributed by atoms with E-state index in [4.69, 9.17) is 11.6 Å². The number of aromatic nitrogens is 4. The normalized spacial score (nSPS) is 14.2. The number of hydrogen-bond donors (Lipinski definition) is 0. The summed E-state index contributed by atoms with van der Waals surface area (Å²) in [6, 6.07) is 11.8. The molecule has 1 saturated heterocycles. The van der Waals surface area contributed by atoms with Crippen molar-refractivity contribution in [1.82, 2.24) is 24.6 Å². The average molecular weight is 457 g/mol. The number of rotatable bonds is 6. The first-order valence-corrected chi connectivity index (χ1v) is 11.7. The third-order valence-electron chi connectivity index (χ3n) is 5.41. The summed E-state index contributed by atoms with van der Waals surface area (Å²) in [5, 5.41) is 10.2. The molecule has 0 aliphatic carbocycles. The van der Waals surface area contributed by atoms with Gasteiger partial charge in [0, 0.05) is 44.5 Å². The summed E-state index contributed by atoms with van der Waals surface area (Å²) >= 11 is 7.70. The third kappa shape index (κ3) is 4.70. The van der Waals surface area contributed by atoms with Gasteiger partial charge in [-0.1, -0.05) is 47.6 Å². The van der Waals surface area contributed by atoms with Crippen LogP contribution in [-0.2, 0) is 11.3 Å². The van der Waals surface area contributed by atoms with Crippen molar-refractivity contribution in [1.29, 1.82) is 0 Å². The predicted molar refractivity (Wildman–Crippen MR) is 125 cm³/mol. The maximum absolute atomic E-state index is 12.8. The molecule has 3 aromatic rings. The van der Waals surface area contributed by atoms with E-state index in [1.54, 1.807) is 6.20 Å². The second-order valence-electron chi connectivity index (χ2n) is 7.33. The molecule has 0 bridgehead atoms. The van der Waals surface area contributed by atoms with Crippen molar-refractivity contribution in [2.24, 2.45) is 0 Å². The standard InChI is InChI=1S/C22H25ClN6OS/c1-3-29-20(17-8-5-4-7-16(17)2)25-26-22(29)31-15-19(30)27-11-13-28(14-12-27)21-18(23)9-6-10-24-21/h4-10H,3,11-15H2,1-2H3. The molecule has 4 rings (SSSR count). The summed E-state index contributed by atoms with van der Waals surface area (Å²) < 4.78 is 2.07. The fourth-order valence-corrected chi connectivity index (χ4v) is 4.85. The molecular weight excluding hydrogens is 432 g/mol. The highest BCUT2D eigenvalue weighted by Crippen LogP contribution is 2.27. The Bertz CT molecular complexity index is 1060. The summed E-state index contributed by atoms with van der Waals surface area (Å²) in [5.74, 6) is 2.08. The highest BCUT2D eigenvalue weighted by Gasteiger charge is 2.24. The van der Waals surface area contributed by atoms with Crippen LogP contribution in [0.5, 0.6) is 0 Å². The highest BCUT2D eigenvalue weighted by molar-refractivity contribution is 7.99. The molecule has 1 aromatic carbocycles. The number of piperazine rings is 1. The molecule has 1 amide bonds.